The Hall–Kier alpha value is -0.440. The highest BCUT2D eigenvalue weighted by molar-refractivity contribution is 9.09. The Kier molecular flexibility index (Phi) is 4.90. The minimum atomic E-state index is -0.758. The highest BCUT2D eigenvalue weighted by Crippen LogP contribution is 2.31. The van der Waals surface area contributed by atoms with Crippen LogP contribution >= 0.6 is 15.9 Å². The van der Waals surface area contributed by atoms with Crippen molar-refractivity contribution >= 4 is 15.9 Å². The van der Waals surface area contributed by atoms with Gasteiger partial charge in [-0.25, -0.2) is 8.78 Å². The van der Waals surface area contributed by atoms with E-state index in [1.54, 1.807) is 12.1 Å². The van der Waals surface area contributed by atoms with Gasteiger partial charge in [-0.15, -0.1) is 0 Å². The van der Waals surface area contributed by atoms with E-state index in [1.165, 1.54) is 0 Å². The molecule has 1 aromatic rings. The smallest absolute Gasteiger partial charge is 0.162 e. The van der Waals surface area contributed by atoms with Crippen LogP contribution in [-0.2, 0) is 6.42 Å². The van der Waals surface area contributed by atoms with E-state index in [0.717, 1.165) is 24.2 Å². The second-order valence-corrected chi connectivity index (χ2v) is 5.14. The molecule has 0 fully saturated rings. The Balaban J connectivity index is 2.90. The van der Waals surface area contributed by atoms with Crippen LogP contribution in [0.5, 0.6) is 0 Å². The first-order valence-corrected chi connectivity index (χ1v) is 6.63. The first kappa shape index (κ1) is 13.6. The van der Waals surface area contributed by atoms with E-state index in [0.29, 0.717) is 12.0 Å². The minimum Gasteiger partial charge on any atom is -0.204 e. The van der Waals surface area contributed by atoms with E-state index in [2.05, 4.69) is 29.8 Å². The van der Waals surface area contributed by atoms with Crippen molar-refractivity contribution in [1.82, 2.24) is 0 Å². The van der Waals surface area contributed by atoms with Crippen molar-refractivity contribution in [1.29, 1.82) is 0 Å². The molecule has 0 aliphatic rings. The van der Waals surface area contributed by atoms with Gasteiger partial charge in [-0.05, 0) is 29.9 Å². The average Bonchev–Trinajstić information content (AvgIpc) is 2.25. The van der Waals surface area contributed by atoms with Gasteiger partial charge in [-0.1, -0.05) is 48.3 Å². The third-order valence-corrected chi connectivity index (χ3v) is 4.18. The fraction of sp³-hybridized carbons (Fsp3) is 0.538. The van der Waals surface area contributed by atoms with Crippen LogP contribution in [0.3, 0.4) is 0 Å². The van der Waals surface area contributed by atoms with Crippen molar-refractivity contribution in [3.05, 3.63) is 35.4 Å². The maximum Gasteiger partial charge on any atom is 0.162 e. The van der Waals surface area contributed by atoms with Crippen LogP contribution in [0.2, 0.25) is 0 Å². The lowest BCUT2D eigenvalue weighted by atomic mass is 9.81. The van der Waals surface area contributed by atoms with Gasteiger partial charge in [0.25, 0.3) is 0 Å². The first-order chi connectivity index (χ1) is 7.52. The van der Waals surface area contributed by atoms with Gasteiger partial charge >= 0.3 is 0 Å². The van der Waals surface area contributed by atoms with E-state index in [-0.39, 0.29) is 5.41 Å². The number of alkyl halides is 1. The van der Waals surface area contributed by atoms with Crippen LogP contribution in [0.1, 0.15) is 32.3 Å². The molecule has 0 spiro atoms. The molecule has 0 N–H and O–H groups in total. The second kappa shape index (κ2) is 5.76. The van der Waals surface area contributed by atoms with Crippen molar-refractivity contribution in [2.45, 2.75) is 33.1 Å². The predicted molar refractivity (Wildman–Crippen MR) is 66.9 cm³/mol. The molecule has 1 aromatic carbocycles. The monoisotopic (exact) mass is 290 g/mol. The normalized spacial score (nSPS) is 14.8. The summed E-state index contributed by atoms with van der Waals surface area (Å²) in [5.74, 6) is -1.46. The molecule has 0 radical (unpaired) electrons. The molecule has 0 nitrogen and oxygen atoms in total. The molecule has 0 saturated heterocycles. The topological polar surface area (TPSA) is 0 Å². The summed E-state index contributed by atoms with van der Waals surface area (Å²) in [6, 6.07) is 4.38. The van der Waals surface area contributed by atoms with E-state index < -0.39 is 11.6 Å². The molecule has 0 bridgehead atoms. The molecule has 3 heteroatoms. The van der Waals surface area contributed by atoms with E-state index in [4.69, 9.17) is 0 Å². The quantitative estimate of drug-likeness (QED) is 0.689. The fourth-order valence-corrected chi connectivity index (χ4v) is 2.43. The largest absolute Gasteiger partial charge is 0.204 e. The van der Waals surface area contributed by atoms with Crippen LogP contribution in [-0.4, -0.2) is 5.33 Å². The SMILES string of the molecule is CCCC(C)(CBr)Cc1cccc(F)c1F. The molecule has 16 heavy (non-hydrogen) atoms. The number of hydrogen-bond donors (Lipinski definition) is 0. The maximum atomic E-state index is 13.5. The molecule has 0 aliphatic heterocycles. The van der Waals surface area contributed by atoms with Gasteiger partial charge in [0.15, 0.2) is 11.6 Å². The molecule has 1 atom stereocenters. The molecule has 1 unspecified atom stereocenters. The number of hydrogen-bond acceptors (Lipinski definition) is 0. The molecule has 90 valence electrons. The standard InChI is InChI=1S/C13H17BrF2/c1-3-7-13(2,9-14)8-10-5-4-6-11(15)12(10)16/h4-6H,3,7-9H2,1-2H3. The Morgan fingerprint density at radius 2 is 2.00 bits per heavy atom. The van der Waals surface area contributed by atoms with Crippen molar-refractivity contribution in [2.24, 2.45) is 5.41 Å². The van der Waals surface area contributed by atoms with Gasteiger partial charge in [0.05, 0.1) is 0 Å². The lowest BCUT2D eigenvalue weighted by molar-refractivity contribution is 0.333. The molecular weight excluding hydrogens is 274 g/mol. The van der Waals surface area contributed by atoms with Crippen LogP contribution in [0.15, 0.2) is 18.2 Å². The zero-order chi connectivity index (χ0) is 12.2. The van der Waals surface area contributed by atoms with Gasteiger partial charge < -0.3 is 0 Å². The van der Waals surface area contributed by atoms with Crippen molar-refractivity contribution in [3.63, 3.8) is 0 Å². The lowest BCUT2D eigenvalue weighted by Gasteiger charge is -2.27. The average molecular weight is 291 g/mol. The molecule has 0 aromatic heterocycles. The zero-order valence-corrected chi connectivity index (χ0v) is 11.3. The van der Waals surface area contributed by atoms with E-state index in [9.17, 15) is 8.78 Å². The minimum absolute atomic E-state index is 0.0105. The highest BCUT2D eigenvalue weighted by Gasteiger charge is 2.24. The van der Waals surface area contributed by atoms with Crippen molar-refractivity contribution < 1.29 is 8.78 Å². The van der Waals surface area contributed by atoms with Crippen LogP contribution in [0, 0.1) is 17.0 Å². The van der Waals surface area contributed by atoms with Crippen LogP contribution in [0.4, 0.5) is 8.78 Å². The second-order valence-electron chi connectivity index (χ2n) is 4.58. The molecule has 0 heterocycles. The molecular formula is C13H17BrF2. The summed E-state index contributed by atoms with van der Waals surface area (Å²) in [6.07, 6.45) is 2.60. The number of benzene rings is 1. The highest BCUT2D eigenvalue weighted by atomic mass is 79.9. The number of halogens is 3. The Morgan fingerprint density at radius 3 is 2.56 bits per heavy atom. The summed E-state index contributed by atoms with van der Waals surface area (Å²) in [5, 5.41) is 0.795. The summed E-state index contributed by atoms with van der Waals surface area (Å²) in [7, 11) is 0. The summed E-state index contributed by atoms with van der Waals surface area (Å²) in [6.45, 7) is 4.19. The van der Waals surface area contributed by atoms with E-state index in [1.807, 2.05) is 0 Å². The summed E-state index contributed by atoms with van der Waals surface area (Å²) < 4.78 is 26.6. The maximum absolute atomic E-state index is 13.5. The summed E-state index contributed by atoms with van der Waals surface area (Å²) in [5.41, 5.74) is 0.457. The predicted octanol–water partition coefficient (Wildman–Crippen LogP) is 4.71. The van der Waals surface area contributed by atoms with Gasteiger partial charge in [0.1, 0.15) is 0 Å². The third kappa shape index (κ3) is 3.27. The molecule has 0 saturated carbocycles. The van der Waals surface area contributed by atoms with Crippen LogP contribution < -0.4 is 0 Å². The van der Waals surface area contributed by atoms with Gasteiger partial charge in [-0.2, -0.15) is 0 Å². The summed E-state index contributed by atoms with van der Waals surface area (Å²) in [4.78, 5) is 0. The van der Waals surface area contributed by atoms with Crippen molar-refractivity contribution in [3.8, 4) is 0 Å². The Morgan fingerprint density at radius 1 is 1.31 bits per heavy atom. The third-order valence-electron chi connectivity index (χ3n) is 2.82. The van der Waals surface area contributed by atoms with E-state index >= 15 is 0 Å². The molecule has 1 rings (SSSR count). The Bertz CT molecular complexity index is 352. The van der Waals surface area contributed by atoms with Gasteiger partial charge in [0.2, 0.25) is 0 Å². The Labute approximate surface area is 104 Å². The fourth-order valence-electron chi connectivity index (χ4n) is 1.95. The number of rotatable bonds is 5. The molecule has 0 amide bonds. The van der Waals surface area contributed by atoms with Gasteiger partial charge in [-0.3, -0.25) is 0 Å². The molecule has 0 aliphatic carbocycles. The summed E-state index contributed by atoms with van der Waals surface area (Å²) >= 11 is 3.46. The lowest BCUT2D eigenvalue weighted by Crippen LogP contribution is -2.22. The van der Waals surface area contributed by atoms with Crippen molar-refractivity contribution in [2.75, 3.05) is 5.33 Å². The van der Waals surface area contributed by atoms with Crippen LogP contribution in [0.25, 0.3) is 0 Å². The van der Waals surface area contributed by atoms with Gasteiger partial charge in [0, 0.05) is 5.33 Å². The first-order valence-electron chi connectivity index (χ1n) is 5.51. The zero-order valence-electron chi connectivity index (χ0n) is 9.69.